The van der Waals surface area contributed by atoms with E-state index in [0.29, 0.717) is 17.9 Å². The first-order chi connectivity index (χ1) is 11.6. The molecule has 1 atom stereocenters. The molecule has 0 bridgehead atoms. The molecule has 1 saturated heterocycles. The number of hydrogen-bond acceptors (Lipinski definition) is 5. The molecular weight excluding hydrogens is 298 g/mol. The van der Waals surface area contributed by atoms with Crippen LogP contribution in [0, 0.1) is 0 Å². The van der Waals surface area contributed by atoms with Crippen molar-refractivity contribution in [2.45, 2.75) is 39.2 Å². The molecule has 1 unspecified atom stereocenters. The molecule has 0 radical (unpaired) electrons. The topological polar surface area (TPSA) is 67.1 Å². The molecular formula is C19H27N5. The molecule has 3 rings (SSSR count). The van der Waals surface area contributed by atoms with Gasteiger partial charge in [-0.15, -0.1) is 0 Å². The number of nitrogens with two attached hydrogens (primary N) is 1. The van der Waals surface area contributed by atoms with Gasteiger partial charge in [0.2, 0.25) is 5.95 Å². The zero-order valence-electron chi connectivity index (χ0n) is 14.8. The monoisotopic (exact) mass is 325 g/mol. The summed E-state index contributed by atoms with van der Waals surface area (Å²) in [5, 5.41) is 3.65. The molecule has 1 aliphatic heterocycles. The standard InChI is InChI=1S/C19H27N5/c1-4-14-7-5-6-8-15(14)17-12-24(10-9-21-17)18-11-16(13(2)3)22-19(20)23-18/h5-8,11,13,17,21H,4,9-10,12H2,1-3H3,(H2,20,22,23). The van der Waals surface area contributed by atoms with Crippen LogP contribution in [0.1, 0.15) is 49.6 Å². The van der Waals surface area contributed by atoms with Gasteiger partial charge in [0.05, 0.1) is 11.7 Å². The van der Waals surface area contributed by atoms with Crippen molar-refractivity contribution in [3.05, 3.63) is 47.2 Å². The third-order valence-corrected chi connectivity index (χ3v) is 4.65. The minimum Gasteiger partial charge on any atom is -0.368 e. The molecule has 1 fully saturated rings. The number of nitrogens with one attached hydrogen (secondary N) is 1. The minimum atomic E-state index is 0.314. The van der Waals surface area contributed by atoms with E-state index in [1.54, 1.807) is 0 Å². The third-order valence-electron chi connectivity index (χ3n) is 4.65. The van der Waals surface area contributed by atoms with Crippen molar-refractivity contribution in [2.75, 3.05) is 30.3 Å². The smallest absolute Gasteiger partial charge is 0.222 e. The molecule has 1 aromatic carbocycles. The highest BCUT2D eigenvalue weighted by molar-refractivity contribution is 5.46. The van der Waals surface area contributed by atoms with Gasteiger partial charge in [0.1, 0.15) is 5.82 Å². The molecule has 2 aromatic rings. The summed E-state index contributed by atoms with van der Waals surface area (Å²) >= 11 is 0. The van der Waals surface area contributed by atoms with Crippen molar-refractivity contribution in [1.82, 2.24) is 15.3 Å². The van der Waals surface area contributed by atoms with Crippen molar-refractivity contribution in [1.29, 1.82) is 0 Å². The van der Waals surface area contributed by atoms with Gasteiger partial charge in [0, 0.05) is 25.7 Å². The first kappa shape index (κ1) is 16.7. The SMILES string of the molecule is CCc1ccccc1C1CN(c2cc(C(C)C)nc(N)n2)CCN1. The van der Waals surface area contributed by atoms with Crippen LogP contribution >= 0.6 is 0 Å². The molecule has 2 heterocycles. The minimum absolute atomic E-state index is 0.314. The summed E-state index contributed by atoms with van der Waals surface area (Å²) in [7, 11) is 0. The van der Waals surface area contributed by atoms with Crippen molar-refractivity contribution in [2.24, 2.45) is 0 Å². The molecule has 5 heteroatoms. The predicted octanol–water partition coefficient (Wildman–Crippen LogP) is 2.90. The van der Waals surface area contributed by atoms with Crippen molar-refractivity contribution >= 4 is 11.8 Å². The lowest BCUT2D eigenvalue weighted by Crippen LogP contribution is -2.46. The normalized spacial score (nSPS) is 18.2. The van der Waals surface area contributed by atoms with Gasteiger partial charge in [-0.05, 0) is 23.5 Å². The second kappa shape index (κ2) is 7.18. The number of aromatic nitrogens is 2. The van der Waals surface area contributed by atoms with Gasteiger partial charge in [-0.2, -0.15) is 4.98 Å². The maximum Gasteiger partial charge on any atom is 0.222 e. The van der Waals surface area contributed by atoms with Crippen LogP contribution in [0.15, 0.2) is 30.3 Å². The fourth-order valence-corrected chi connectivity index (χ4v) is 3.29. The Bertz CT molecular complexity index is 698. The lowest BCUT2D eigenvalue weighted by molar-refractivity contribution is 0.467. The van der Waals surface area contributed by atoms with E-state index in [0.717, 1.165) is 37.6 Å². The summed E-state index contributed by atoms with van der Waals surface area (Å²) < 4.78 is 0. The molecule has 0 spiro atoms. The van der Waals surface area contributed by atoms with Crippen molar-refractivity contribution in [3.63, 3.8) is 0 Å². The Balaban J connectivity index is 1.86. The van der Waals surface area contributed by atoms with Crippen molar-refractivity contribution < 1.29 is 0 Å². The van der Waals surface area contributed by atoms with Gasteiger partial charge in [-0.1, -0.05) is 45.0 Å². The van der Waals surface area contributed by atoms with Crippen LogP contribution in [0.2, 0.25) is 0 Å². The number of piperazine rings is 1. The van der Waals surface area contributed by atoms with E-state index < -0.39 is 0 Å². The Labute approximate surface area is 144 Å². The summed E-state index contributed by atoms with van der Waals surface area (Å²) in [6, 6.07) is 11.1. The van der Waals surface area contributed by atoms with Crippen LogP contribution < -0.4 is 16.0 Å². The molecule has 0 saturated carbocycles. The number of aryl methyl sites for hydroxylation is 1. The maximum atomic E-state index is 5.93. The number of nitrogen functional groups attached to an aromatic ring is 1. The van der Waals surface area contributed by atoms with Gasteiger partial charge in [-0.3, -0.25) is 0 Å². The van der Waals surface area contributed by atoms with E-state index in [1.807, 2.05) is 0 Å². The lowest BCUT2D eigenvalue weighted by atomic mass is 9.97. The van der Waals surface area contributed by atoms with Crippen LogP contribution in [0.4, 0.5) is 11.8 Å². The van der Waals surface area contributed by atoms with Gasteiger partial charge >= 0.3 is 0 Å². The Hall–Kier alpha value is -2.14. The van der Waals surface area contributed by atoms with E-state index in [1.165, 1.54) is 11.1 Å². The summed E-state index contributed by atoms with van der Waals surface area (Å²) in [6.45, 7) is 9.22. The maximum absolute atomic E-state index is 5.93. The molecule has 24 heavy (non-hydrogen) atoms. The van der Waals surface area contributed by atoms with Crippen LogP contribution in [0.5, 0.6) is 0 Å². The molecule has 128 valence electrons. The van der Waals surface area contributed by atoms with Crippen LogP contribution in [0.3, 0.4) is 0 Å². The molecule has 1 aromatic heterocycles. The first-order valence-corrected chi connectivity index (χ1v) is 8.79. The second-order valence-electron chi connectivity index (χ2n) is 6.67. The van der Waals surface area contributed by atoms with E-state index in [-0.39, 0.29) is 0 Å². The van der Waals surface area contributed by atoms with E-state index in [9.17, 15) is 0 Å². The van der Waals surface area contributed by atoms with E-state index in [2.05, 4.69) is 71.3 Å². The summed E-state index contributed by atoms with van der Waals surface area (Å²) in [5.74, 6) is 1.64. The quantitative estimate of drug-likeness (QED) is 0.905. The number of benzene rings is 1. The zero-order valence-corrected chi connectivity index (χ0v) is 14.8. The average Bonchev–Trinajstić information content (AvgIpc) is 2.61. The third kappa shape index (κ3) is 3.51. The number of anilines is 2. The molecule has 5 nitrogen and oxygen atoms in total. The Kier molecular flexibility index (Phi) is 5.00. The van der Waals surface area contributed by atoms with Crippen LogP contribution in [-0.4, -0.2) is 29.6 Å². The second-order valence-corrected chi connectivity index (χ2v) is 6.67. The van der Waals surface area contributed by atoms with Gasteiger partial charge < -0.3 is 16.0 Å². The fraction of sp³-hybridized carbons (Fsp3) is 0.474. The molecule has 3 N–H and O–H groups in total. The fourth-order valence-electron chi connectivity index (χ4n) is 3.29. The Morgan fingerprint density at radius 2 is 2.08 bits per heavy atom. The van der Waals surface area contributed by atoms with Crippen LogP contribution in [-0.2, 0) is 6.42 Å². The van der Waals surface area contributed by atoms with Gasteiger partial charge in [0.15, 0.2) is 0 Å². The molecule has 0 amide bonds. The van der Waals surface area contributed by atoms with Crippen molar-refractivity contribution in [3.8, 4) is 0 Å². The number of nitrogens with zero attached hydrogens (tertiary/aromatic N) is 3. The lowest BCUT2D eigenvalue weighted by Gasteiger charge is -2.35. The summed E-state index contributed by atoms with van der Waals surface area (Å²) in [4.78, 5) is 11.1. The predicted molar refractivity (Wildman–Crippen MR) is 99.3 cm³/mol. The largest absolute Gasteiger partial charge is 0.368 e. The Morgan fingerprint density at radius 1 is 1.29 bits per heavy atom. The van der Waals surface area contributed by atoms with E-state index in [4.69, 9.17) is 5.73 Å². The van der Waals surface area contributed by atoms with Gasteiger partial charge in [0.25, 0.3) is 0 Å². The zero-order chi connectivity index (χ0) is 17.1. The highest BCUT2D eigenvalue weighted by Crippen LogP contribution is 2.26. The molecule has 1 aliphatic rings. The van der Waals surface area contributed by atoms with Gasteiger partial charge in [-0.25, -0.2) is 4.98 Å². The summed E-state index contributed by atoms with van der Waals surface area (Å²) in [6.07, 6.45) is 1.05. The average molecular weight is 325 g/mol. The first-order valence-electron chi connectivity index (χ1n) is 8.79. The molecule has 0 aliphatic carbocycles. The highest BCUT2D eigenvalue weighted by Gasteiger charge is 2.24. The number of rotatable bonds is 4. The number of hydrogen-bond donors (Lipinski definition) is 2. The Morgan fingerprint density at radius 3 is 2.83 bits per heavy atom. The summed E-state index contributed by atoms with van der Waals surface area (Å²) in [5.41, 5.74) is 9.72. The van der Waals surface area contributed by atoms with Crippen LogP contribution in [0.25, 0.3) is 0 Å². The highest BCUT2D eigenvalue weighted by atomic mass is 15.3. The van der Waals surface area contributed by atoms with E-state index >= 15 is 0 Å².